The summed E-state index contributed by atoms with van der Waals surface area (Å²) in [6, 6.07) is 4.60. The van der Waals surface area contributed by atoms with E-state index in [-0.39, 0.29) is 4.90 Å². The molecule has 0 saturated heterocycles. The van der Waals surface area contributed by atoms with Gasteiger partial charge in [-0.2, -0.15) is 0 Å². The molecule has 0 atom stereocenters. The Bertz CT molecular complexity index is 710. The molecule has 108 valence electrons. The predicted octanol–water partition coefficient (Wildman–Crippen LogP) is 1.55. The van der Waals surface area contributed by atoms with Gasteiger partial charge in [0.05, 0.1) is 22.8 Å². The van der Waals surface area contributed by atoms with Crippen LogP contribution in [0.15, 0.2) is 29.3 Å². The van der Waals surface area contributed by atoms with Gasteiger partial charge in [-0.05, 0) is 32.2 Å². The van der Waals surface area contributed by atoms with Crippen LogP contribution in [0.1, 0.15) is 9.88 Å². The molecule has 8 heteroatoms. The van der Waals surface area contributed by atoms with Crippen molar-refractivity contribution in [2.75, 3.05) is 18.1 Å². The number of hydrogen-bond donors (Lipinski definition) is 3. The van der Waals surface area contributed by atoms with Crippen LogP contribution in [0.3, 0.4) is 0 Å². The number of benzene rings is 1. The molecule has 0 fully saturated rings. The molecule has 0 bridgehead atoms. The minimum absolute atomic E-state index is 0.146. The van der Waals surface area contributed by atoms with Crippen molar-refractivity contribution in [1.82, 2.24) is 9.71 Å². The molecule has 2 rings (SSSR count). The number of aromatic nitrogens is 1. The second-order valence-electron chi connectivity index (χ2n) is 4.17. The molecule has 0 unspecified atom stereocenters. The summed E-state index contributed by atoms with van der Waals surface area (Å²) in [7, 11) is -2.11. The maximum atomic E-state index is 11.7. The quantitative estimate of drug-likeness (QED) is 0.728. The summed E-state index contributed by atoms with van der Waals surface area (Å²) in [5, 5.41) is 4.10. The maximum absolute atomic E-state index is 11.7. The number of hydrogen-bond acceptors (Lipinski definition) is 6. The van der Waals surface area contributed by atoms with Crippen molar-refractivity contribution in [2.45, 2.75) is 18.4 Å². The van der Waals surface area contributed by atoms with Gasteiger partial charge in [-0.3, -0.25) is 0 Å². The monoisotopic (exact) mass is 312 g/mol. The standard InChI is InChI=1S/C12H16N4O2S2/c1-8-6-16-12(19-8)7-15-11-4-3-9(5-10(11)13)20(17,18)14-2/h3-6,14-15H,7,13H2,1-2H3. The van der Waals surface area contributed by atoms with Crippen molar-refractivity contribution >= 4 is 32.7 Å². The first-order valence-electron chi connectivity index (χ1n) is 5.90. The van der Waals surface area contributed by atoms with Gasteiger partial charge in [0.25, 0.3) is 0 Å². The highest BCUT2D eigenvalue weighted by Crippen LogP contribution is 2.23. The Morgan fingerprint density at radius 2 is 2.15 bits per heavy atom. The summed E-state index contributed by atoms with van der Waals surface area (Å²) in [5.41, 5.74) is 6.94. The highest BCUT2D eigenvalue weighted by Gasteiger charge is 2.12. The van der Waals surface area contributed by atoms with Gasteiger partial charge >= 0.3 is 0 Å². The van der Waals surface area contributed by atoms with E-state index in [9.17, 15) is 8.42 Å². The Kier molecular flexibility index (Phi) is 4.26. The number of nitrogen functional groups attached to an aromatic ring is 1. The molecular formula is C12H16N4O2S2. The van der Waals surface area contributed by atoms with Crippen molar-refractivity contribution in [3.63, 3.8) is 0 Å². The van der Waals surface area contributed by atoms with E-state index in [4.69, 9.17) is 5.73 Å². The van der Waals surface area contributed by atoms with Crippen LogP contribution in [-0.2, 0) is 16.6 Å². The third-order valence-corrected chi connectivity index (χ3v) is 5.03. The first kappa shape index (κ1) is 14.8. The first-order valence-corrected chi connectivity index (χ1v) is 8.20. The fourth-order valence-corrected chi connectivity index (χ4v) is 3.13. The zero-order chi connectivity index (χ0) is 14.8. The fourth-order valence-electron chi connectivity index (χ4n) is 1.64. The third-order valence-electron chi connectivity index (χ3n) is 2.70. The molecule has 1 aromatic carbocycles. The minimum Gasteiger partial charge on any atom is -0.397 e. The minimum atomic E-state index is -3.47. The van der Waals surface area contributed by atoms with Crippen LogP contribution >= 0.6 is 11.3 Å². The Balaban J connectivity index is 2.14. The van der Waals surface area contributed by atoms with Gasteiger partial charge in [-0.15, -0.1) is 11.3 Å². The third kappa shape index (κ3) is 3.27. The number of nitrogens with two attached hydrogens (primary N) is 1. The molecule has 0 radical (unpaired) electrons. The van der Waals surface area contributed by atoms with Gasteiger partial charge < -0.3 is 11.1 Å². The molecule has 20 heavy (non-hydrogen) atoms. The van der Waals surface area contributed by atoms with E-state index in [1.54, 1.807) is 17.4 Å². The number of aryl methyl sites for hydroxylation is 1. The molecule has 1 aromatic heterocycles. The normalized spacial score (nSPS) is 11.5. The number of nitrogens with zero attached hydrogens (tertiary/aromatic N) is 1. The summed E-state index contributed by atoms with van der Waals surface area (Å²) in [4.78, 5) is 5.53. The number of rotatable bonds is 5. The lowest BCUT2D eigenvalue weighted by molar-refractivity contribution is 0.588. The van der Waals surface area contributed by atoms with Gasteiger partial charge in [0, 0.05) is 11.1 Å². The molecule has 2 aromatic rings. The van der Waals surface area contributed by atoms with Gasteiger partial charge in [0.2, 0.25) is 10.0 Å². The van der Waals surface area contributed by atoms with E-state index in [1.165, 1.54) is 19.2 Å². The highest BCUT2D eigenvalue weighted by molar-refractivity contribution is 7.89. The lowest BCUT2D eigenvalue weighted by Gasteiger charge is -2.10. The van der Waals surface area contributed by atoms with Crippen LogP contribution < -0.4 is 15.8 Å². The second-order valence-corrected chi connectivity index (χ2v) is 7.38. The fraction of sp³-hybridized carbons (Fsp3) is 0.250. The van der Waals surface area contributed by atoms with Crippen LogP contribution in [0.5, 0.6) is 0 Å². The maximum Gasteiger partial charge on any atom is 0.240 e. The largest absolute Gasteiger partial charge is 0.397 e. The molecular weight excluding hydrogens is 296 g/mol. The van der Waals surface area contributed by atoms with E-state index >= 15 is 0 Å². The average Bonchev–Trinajstić information content (AvgIpc) is 2.83. The number of anilines is 2. The molecule has 0 aliphatic carbocycles. The summed E-state index contributed by atoms with van der Waals surface area (Å²) in [5.74, 6) is 0. The number of nitrogens with one attached hydrogen (secondary N) is 2. The molecule has 1 heterocycles. The van der Waals surface area contributed by atoms with Crippen LogP contribution in [-0.4, -0.2) is 20.4 Å². The Morgan fingerprint density at radius 1 is 1.40 bits per heavy atom. The lowest BCUT2D eigenvalue weighted by Crippen LogP contribution is -2.18. The SMILES string of the molecule is CNS(=O)(=O)c1ccc(NCc2ncc(C)s2)c(N)c1. The number of sulfonamides is 1. The van der Waals surface area contributed by atoms with E-state index in [0.29, 0.717) is 17.9 Å². The number of thiazole rings is 1. The van der Waals surface area contributed by atoms with E-state index in [2.05, 4.69) is 15.0 Å². The van der Waals surface area contributed by atoms with Crippen LogP contribution in [0.4, 0.5) is 11.4 Å². The van der Waals surface area contributed by atoms with Crippen LogP contribution in [0.25, 0.3) is 0 Å². The van der Waals surface area contributed by atoms with Crippen molar-refractivity contribution in [2.24, 2.45) is 0 Å². The summed E-state index contributed by atoms with van der Waals surface area (Å²) >= 11 is 1.60. The van der Waals surface area contributed by atoms with Gasteiger partial charge in [0.1, 0.15) is 5.01 Å². The first-order chi connectivity index (χ1) is 9.42. The second kappa shape index (κ2) is 5.78. The average molecular weight is 312 g/mol. The van der Waals surface area contributed by atoms with Crippen molar-refractivity contribution in [1.29, 1.82) is 0 Å². The zero-order valence-electron chi connectivity index (χ0n) is 11.2. The Hall–Kier alpha value is -1.64. The Morgan fingerprint density at radius 3 is 2.70 bits per heavy atom. The summed E-state index contributed by atoms with van der Waals surface area (Å²) < 4.78 is 25.6. The molecule has 0 spiro atoms. The van der Waals surface area contributed by atoms with Gasteiger partial charge in [-0.1, -0.05) is 0 Å². The molecule has 0 amide bonds. The molecule has 0 aliphatic rings. The Labute approximate surface area is 122 Å². The van der Waals surface area contributed by atoms with Crippen molar-refractivity contribution < 1.29 is 8.42 Å². The predicted molar refractivity (Wildman–Crippen MR) is 81.3 cm³/mol. The smallest absolute Gasteiger partial charge is 0.240 e. The topological polar surface area (TPSA) is 97.1 Å². The highest BCUT2D eigenvalue weighted by atomic mass is 32.2. The molecule has 0 aliphatic heterocycles. The van der Waals surface area contributed by atoms with Crippen molar-refractivity contribution in [3.05, 3.63) is 34.3 Å². The van der Waals surface area contributed by atoms with Crippen LogP contribution in [0.2, 0.25) is 0 Å². The summed E-state index contributed by atoms with van der Waals surface area (Å²) in [6.07, 6.45) is 1.81. The van der Waals surface area contributed by atoms with Crippen LogP contribution in [0, 0.1) is 6.92 Å². The molecule has 6 nitrogen and oxygen atoms in total. The molecule has 0 saturated carbocycles. The molecule has 4 N–H and O–H groups in total. The van der Waals surface area contributed by atoms with E-state index < -0.39 is 10.0 Å². The van der Waals surface area contributed by atoms with E-state index in [0.717, 1.165) is 9.88 Å². The van der Waals surface area contributed by atoms with Gasteiger partial charge in [-0.25, -0.2) is 18.1 Å². The van der Waals surface area contributed by atoms with Crippen molar-refractivity contribution in [3.8, 4) is 0 Å². The van der Waals surface area contributed by atoms with Gasteiger partial charge in [0.15, 0.2) is 0 Å². The lowest BCUT2D eigenvalue weighted by atomic mass is 10.2. The summed E-state index contributed by atoms with van der Waals surface area (Å²) in [6.45, 7) is 2.55. The zero-order valence-corrected chi connectivity index (χ0v) is 12.8. The van der Waals surface area contributed by atoms with E-state index in [1.807, 2.05) is 13.1 Å².